The second-order valence-corrected chi connectivity index (χ2v) is 5.57. The predicted octanol–water partition coefficient (Wildman–Crippen LogP) is 4.79. The van der Waals surface area contributed by atoms with Gasteiger partial charge in [0.05, 0.1) is 32.1 Å². The molecule has 0 aliphatic carbocycles. The maximum absolute atomic E-state index is 12.4. The summed E-state index contributed by atoms with van der Waals surface area (Å²) in [6.45, 7) is 8.14. The fourth-order valence-electron chi connectivity index (χ4n) is 2.69. The number of methoxy groups -OCH3 is 2. The van der Waals surface area contributed by atoms with Crippen molar-refractivity contribution in [2.45, 2.75) is 20.3 Å². The number of carbonyl (C=O) groups excluding carboxylic acids is 1. The molecule has 0 amide bonds. The van der Waals surface area contributed by atoms with Gasteiger partial charge in [0.1, 0.15) is 11.4 Å². The highest BCUT2D eigenvalue weighted by molar-refractivity contribution is 5.99. The van der Waals surface area contributed by atoms with Gasteiger partial charge in [-0.1, -0.05) is 12.7 Å². The zero-order valence-electron chi connectivity index (χ0n) is 15.7. The smallest absolute Gasteiger partial charge is 0.355 e. The molecule has 0 radical (unpaired) electrons. The summed E-state index contributed by atoms with van der Waals surface area (Å²) in [5.41, 5.74) is 1.96. The summed E-state index contributed by atoms with van der Waals surface area (Å²) in [4.78, 5) is 12.4. The summed E-state index contributed by atoms with van der Waals surface area (Å²) >= 11 is 0. The van der Waals surface area contributed by atoms with E-state index in [4.69, 9.17) is 14.2 Å². The fraction of sp³-hybridized carbons (Fsp3) is 0.286. The van der Waals surface area contributed by atoms with E-state index in [2.05, 4.69) is 6.58 Å². The monoisotopic (exact) mass is 355 g/mol. The molecule has 0 unspecified atom stereocenters. The van der Waals surface area contributed by atoms with Gasteiger partial charge in [0, 0.05) is 17.5 Å². The summed E-state index contributed by atoms with van der Waals surface area (Å²) in [7, 11) is 3.25. The van der Waals surface area contributed by atoms with Gasteiger partial charge in [0.2, 0.25) is 0 Å². The van der Waals surface area contributed by atoms with Crippen molar-refractivity contribution in [3.63, 3.8) is 0 Å². The number of benzene rings is 1. The van der Waals surface area contributed by atoms with Crippen LogP contribution in [0.3, 0.4) is 0 Å². The molecule has 0 aliphatic heterocycles. The molecule has 0 atom stereocenters. The van der Waals surface area contributed by atoms with E-state index in [1.165, 1.54) is 0 Å². The molecule has 1 heterocycles. The number of hydrogen-bond acceptors (Lipinski definition) is 4. The Kier molecular flexibility index (Phi) is 6.67. The molecule has 0 saturated heterocycles. The first-order chi connectivity index (χ1) is 12.5. The number of rotatable bonds is 8. The molecule has 26 heavy (non-hydrogen) atoms. The number of hydrogen-bond donors (Lipinski definition) is 0. The van der Waals surface area contributed by atoms with Crippen LogP contribution in [-0.4, -0.2) is 31.4 Å². The van der Waals surface area contributed by atoms with E-state index in [0.717, 1.165) is 22.4 Å². The average molecular weight is 355 g/mol. The van der Waals surface area contributed by atoms with Crippen LogP contribution in [0.2, 0.25) is 0 Å². The molecule has 2 aromatic rings. The third-order valence-electron chi connectivity index (χ3n) is 3.99. The molecule has 1 aromatic carbocycles. The van der Waals surface area contributed by atoms with E-state index in [1.807, 2.05) is 43.4 Å². The van der Waals surface area contributed by atoms with E-state index >= 15 is 0 Å². The summed E-state index contributed by atoms with van der Waals surface area (Å²) < 4.78 is 17.5. The number of nitrogens with zero attached hydrogens (tertiary/aromatic N) is 1. The lowest BCUT2D eigenvalue weighted by Crippen LogP contribution is -2.10. The van der Waals surface area contributed by atoms with Crippen molar-refractivity contribution in [3.05, 3.63) is 60.5 Å². The number of carbonyl (C=O) groups is 1. The minimum absolute atomic E-state index is 0.310. The highest BCUT2D eigenvalue weighted by atomic mass is 16.5. The normalized spacial score (nSPS) is 11.8. The molecule has 0 aliphatic rings. The lowest BCUT2D eigenvalue weighted by Gasteiger charge is -2.10. The van der Waals surface area contributed by atoms with Gasteiger partial charge in [0.15, 0.2) is 0 Å². The van der Waals surface area contributed by atoms with Crippen molar-refractivity contribution >= 4 is 22.6 Å². The van der Waals surface area contributed by atoms with Crippen LogP contribution in [-0.2, 0) is 9.47 Å². The number of ether oxygens (including phenoxy) is 3. The Morgan fingerprint density at radius 2 is 2.04 bits per heavy atom. The lowest BCUT2D eigenvalue weighted by atomic mass is 10.2. The van der Waals surface area contributed by atoms with Crippen LogP contribution in [0.4, 0.5) is 0 Å². The van der Waals surface area contributed by atoms with Gasteiger partial charge in [-0.25, -0.2) is 4.79 Å². The Labute approximate surface area is 154 Å². The summed E-state index contributed by atoms with van der Waals surface area (Å²) in [6, 6.07) is 7.44. The second kappa shape index (κ2) is 8.94. The molecule has 0 N–H and O–H groups in total. The molecule has 0 spiro atoms. The number of allylic oxidation sites excluding steroid dienone is 4. The summed E-state index contributed by atoms with van der Waals surface area (Å²) in [6.07, 6.45) is 6.38. The number of esters is 1. The first-order valence-electron chi connectivity index (χ1n) is 8.47. The molecule has 138 valence electrons. The Bertz CT molecular complexity index is 858. The number of aromatic nitrogens is 1. The van der Waals surface area contributed by atoms with Gasteiger partial charge in [-0.05, 0) is 50.3 Å². The maximum Gasteiger partial charge on any atom is 0.355 e. The van der Waals surface area contributed by atoms with Gasteiger partial charge in [0.25, 0.3) is 0 Å². The molecule has 0 bridgehead atoms. The van der Waals surface area contributed by atoms with Gasteiger partial charge in [-0.15, -0.1) is 0 Å². The van der Waals surface area contributed by atoms with Gasteiger partial charge in [-0.3, -0.25) is 0 Å². The first-order valence-corrected chi connectivity index (χ1v) is 8.47. The summed E-state index contributed by atoms with van der Waals surface area (Å²) in [5, 5.41) is 0.882. The molecule has 0 saturated carbocycles. The molecule has 2 rings (SSSR count). The molecule has 0 fully saturated rings. The minimum atomic E-state index is -0.386. The quantitative estimate of drug-likeness (QED) is 0.388. The van der Waals surface area contributed by atoms with Crippen LogP contribution in [0.25, 0.3) is 16.6 Å². The molecular weight excluding hydrogens is 330 g/mol. The van der Waals surface area contributed by atoms with Gasteiger partial charge < -0.3 is 18.8 Å². The van der Waals surface area contributed by atoms with Crippen LogP contribution in [0.15, 0.2) is 54.8 Å². The van der Waals surface area contributed by atoms with Crippen molar-refractivity contribution < 1.29 is 19.0 Å². The highest BCUT2D eigenvalue weighted by Gasteiger charge is 2.18. The fourth-order valence-corrected chi connectivity index (χ4v) is 2.69. The third kappa shape index (κ3) is 4.17. The Morgan fingerprint density at radius 1 is 1.27 bits per heavy atom. The summed E-state index contributed by atoms with van der Waals surface area (Å²) in [5.74, 6) is 1.20. The minimum Gasteiger partial charge on any atom is -0.501 e. The molecule has 5 heteroatoms. The third-order valence-corrected chi connectivity index (χ3v) is 3.99. The maximum atomic E-state index is 12.4. The van der Waals surface area contributed by atoms with Crippen molar-refractivity contribution in [2.24, 2.45) is 0 Å². The lowest BCUT2D eigenvalue weighted by molar-refractivity contribution is 0.0518. The van der Waals surface area contributed by atoms with E-state index in [-0.39, 0.29) is 5.97 Å². The molecule has 1 aromatic heterocycles. The van der Waals surface area contributed by atoms with Gasteiger partial charge in [-0.2, -0.15) is 0 Å². The largest absolute Gasteiger partial charge is 0.501 e. The van der Waals surface area contributed by atoms with Crippen molar-refractivity contribution in [1.82, 2.24) is 4.57 Å². The standard InChI is InChI=1S/C21H25NO4/c1-6-17(24-4)10-8-9-15(3)22-19-12-11-18(25-5)13-16(19)14-20(22)21(23)26-7-2/h6,8-9,11-14H,3,7,10H2,1-2,4-5H3/b9-8-,17-6+. The molecular formula is C21H25NO4. The van der Waals surface area contributed by atoms with Crippen molar-refractivity contribution in [1.29, 1.82) is 0 Å². The van der Waals surface area contributed by atoms with E-state index in [9.17, 15) is 4.79 Å². The molecule has 5 nitrogen and oxygen atoms in total. The van der Waals surface area contributed by atoms with Gasteiger partial charge >= 0.3 is 5.97 Å². The van der Waals surface area contributed by atoms with E-state index < -0.39 is 0 Å². The second-order valence-electron chi connectivity index (χ2n) is 5.57. The van der Waals surface area contributed by atoms with Crippen molar-refractivity contribution in [2.75, 3.05) is 20.8 Å². The van der Waals surface area contributed by atoms with Crippen molar-refractivity contribution in [3.8, 4) is 5.75 Å². The zero-order valence-corrected chi connectivity index (χ0v) is 15.7. The van der Waals surface area contributed by atoms with Crippen LogP contribution in [0.5, 0.6) is 5.75 Å². The Balaban J connectivity index is 2.45. The topological polar surface area (TPSA) is 49.7 Å². The SMILES string of the molecule is C=C(/C=C\C/C(=C\C)OC)n1c(C(=O)OCC)cc2cc(OC)ccc21. The Morgan fingerprint density at radius 3 is 2.65 bits per heavy atom. The van der Waals surface area contributed by atoms with E-state index in [0.29, 0.717) is 24.4 Å². The highest BCUT2D eigenvalue weighted by Crippen LogP contribution is 2.28. The van der Waals surface area contributed by atoms with Crippen LogP contribution < -0.4 is 4.74 Å². The number of fused-ring (bicyclic) bond motifs is 1. The zero-order chi connectivity index (χ0) is 19.1. The van der Waals surface area contributed by atoms with Crippen LogP contribution in [0.1, 0.15) is 30.8 Å². The average Bonchev–Trinajstić information content (AvgIpc) is 3.04. The van der Waals surface area contributed by atoms with E-state index in [1.54, 1.807) is 31.8 Å². The predicted molar refractivity (Wildman–Crippen MR) is 104 cm³/mol. The first kappa shape index (κ1) is 19.4. The van der Waals surface area contributed by atoms with Crippen LogP contribution in [0, 0.1) is 0 Å². The Hall–Kier alpha value is -2.95. The van der Waals surface area contributed by atoms with Crippen LogP contribution >= 0.6 is 0 Å².